The molecule has 0 unspecified atom stereocenters. The molecule has 106 valence electrons. The first-order chi connectivity index (χ1) is 10.3. The summed E-state index contributed by atoms with van der Waals surface area (Å²) in [6.07, 6.45) is 1.89. The summed E-state index contributed by atoms with van der Waals surface area (Å²) in [7, 11) is 0. The first kappa shape index (κ1) is 13.6. The van der Waals surface area contributed by atoms with Gasteiger partial charge >= 0.3 is 0 Å². The summed E-state index contributed by atoms with van der Waals surface area (Å²) < 4.78 is 5.84. The maximum atomic E-state index is 5.84. The third kappa shape index (κ3) is 3.38. The Morgan fingerprint density at radius 3 is 2.57 bits per heavy atom. The van der Waals surface area contributed by atoms with Gasteiger partial charge in [0.25, 0.3) is 0 Å². The summed E-state index contributed by atoms with van der Waals surface area (Å²) in [6.45, 7) is 0.698. The molecule has 2 N–H and O–H groups in total. The molecule has 2 aromatic carbocycles. The standard InChI is InChI=1S/C18H18N2O/c19-12-4-5-15-9-8-14-13-17(10-11-18(14)20-15)21-16-6-2-1-3-7-16/h1-3,6-11,13H,4-5,12,19H2. The molecule has 0 saturated carbocycles. The van der Waals surface area contributed by atoms with Gasteiger partial charge in [-0.3, -0.25) is 4.98 Å². The molecule has 0 radical (unpaired) electrons. The highest BCUT2D eigenvalue weighted by Gasteiger charge is 2.02. The van der Waals surface area contributed by atoms with Crippen molar-refractivity contribution in [1.29, 1.82) is 0 Å². The molecule has 3 rings (SSSR count). The van der Waals surface area contributed by atoms with Crippen LogP contribution in [0.5, 0.6) is 11.5 Å². The second kappa shape index (κ2) is 6.37. The fourth-order valence-corrected chi connectivity index (χ4v) is 2.26. The number of hydrogen-bond donors (Lipinski definition) is 1. The lowest BCUT2D eigenvalue weighted by molar-refractivity contribution is 0.483. The molecule has 0 spiro atoms. The number of para-hydroxylation sites is 1. The fourth-order valence-electron chi connectivity index (χ4n) is 2.26. The molecule has 3 nitrogen and oxygen atoms in total. The lowest BCUT2D eigenvalue weighted by Crippen LogP contribution is -2.01. The van der Waals surface area contributed by atoms with Crippen LogP contribution in [0.3, 0.4) is 0 Å². The Kier molecular flexibility index (Phi) is 4.12. The summed E-state index contributed by atoms with van der Waals surface area (Å²) in [6, 6.07) is 19.9. The van der Waals surface area contributed by atoms with Gasteiger partial charge in [-0.2, -0.15) is 0 Å². The molecule has 0 bridgehead atoms. The number of hydrogen-bond acceptors (Lipinski definition) is 3. The lowest BCUT2D eigenvalue weighted by Gasteiger charge is -2.07. The molecule has 0 amide bonds. The van der Waals surface area contributed by atoms with Crippen molar-refractivity contribution in [3.05, 3.63) is 66.4 Å². The van der Waals surface area contributed by atoms with Crippen LogP contribution in [-0.4, -0.2) is 11.5 Å². The molecule has 0 fully saturated rings. The van der Waals surface area contributed by atoms with Gasteiger partial charge < -0.3 is 10.5 Å². The highest BCUT2D eigenvalue weighted by atomic mass is 16.5. The van der Waals surface area contributed by atoms with Crippen molar-refractivity contribution in [2.75, 3.05) is 6.54 Å². The fraction of sp³-hybridized carbons (Fsp3) is 0.167. The van der Waals surface area contributed by atoms with Crippen LogP contribution in [0.25, 0.3) is 10.9 Å². The van der Waals surface area contributed by atoms with E-state index in [9.17, 15) is 0 Å². The quantitative estimate of drug-likeness (QED) is 0.769. The van der Waals surface area contributed by atoms with Gasteiger partial charge in [0.15, 0.2) is 0 Å². The Morgan fingerprint density at radius 1 is 0.905 bits per heavy atom. The van der Waals surface area contributed by atoms with Crippen molar-refractivity contribution >= 4 is 10.9 Å². The Hall–Kier alpha value is -2.39. The van der Waals surface area contributed by atoms with E-state index < -0.39 is 0 Å². The number of ether oxygens (including phenoxy) is 1. The smallest absolute Gasteiger partial charge is 0.128 e. The predicted octanol–water partition coefficient (Wildman–Crippen LogP) is 3.92. The number of fused-ring (bicyclic) bond motifs is 1. The van der Waals surface area contributed by atoms with Gasteiger partial charge in [0.1, 0.15) is 11.5 Å². The monoisotopic (exact) mass is 278 g/mol. The normalized spacial score (nSPS) is 10.7. The molecule has 21 heavy (non-hydrogen) atoms. The van der Waals surface area contributed by atoms with Crippen LogP contribution in [0.4, 0.5) is 0 Å². The van der Waals surface area contributed by atoms with Crippen LogP contribution in [0, 0.1) is 0 Å². The number of aromatic nitrogens is 1. The van der Waals surface area contributed by atoms with E-state index in [1.54, 1.807) is 0 Å². The van der Waals surface area contributed by atoms with Crippen LogP contribution in [0.15, 0.2) is 60.7 Å². The van der Waals surface area contributed by atoms with E-state index in [0.717, 1.165) is 40.9 Å². The molecular formula is C18H18N2O. The van der Waals surface area contributed by atoms with Crippen molar-refractivity contribution in [3.63, 3.8) is 0 Å². The average Bonchev–Trinajstić information content (AvgIpc) is 2.54. The highest BCUT2D eigenvalue weighted by Crippen LogP contribution is 2.25. The van der Waals surface area contributed by atoms with Crippen molar-refractivity contribution in [1.82, 2.24) is 4.98 Å². The Morgan fingerprint density at radius 2 is 1.76 bits per heavy atom. The van der Waals surface area contributed by atoms with Crippen LogP contribution in [0.2, 0.25) is 0 Å². The van der Waals surface area contributed by atoms with Gasteiger partial charge in [-0.1, -0.05) is 24.3 Å². The predicted molar refractivity (Wildman–Crippen MR) is 85.6 cm³/mol. The van der Waals surface area contributed by atoms with E-state index in [0.29, 0.717) is 6.54 Å². The van der Waals surface area contributed by atoms with Gasteiger partial charge in [0, 0.05) is 11.1 Å². The van der Waals surface area contributed by atoms with E-state index in [4.69, 9.17) is 10.5 Å². The maximum absolute atomic E-state index is 5.84. The zero-order valence-electron chi connectivity index (χ0n) is 11.8. The van der Waals surface area contributed by atoms with Crippen LogP contribution in [-0.2, 0) is 6.42 Å². The number of aryl methyl sites for hydroxylation is 1. The molecule has 0 aliphatic heterocycles. The maximum Gasteiger partial charge on any atom is 0.128 e. The van der Waals surface area contributed by atoms with Gasteiger partial charge in [0.05, 0.1) is 5.52 Å². The number of pyridine rings is 1. The molecule has 0 aliphatic carbocycles. The first-order valence-electron chi connectivity index (χ1n) is 7.18. The average molecular weight is 278 g/mol. The molecule has 1 heterocycles. The highest BCUT2D eigenvalue weighted by molar-refractivity contribution is 5.80. The number of benzene rings is 2. The van der Waals surface area contributed by atoms with Crippen LogP contribution < -0.4 is 10.5 Å². The van der Waals surface area contributed by atoms with Crippen molar-refractivity contribution < 1.29 is 4.74 Å². The van der Waals surface area contributed by atoms with Crippen molar-refractivity contribution in [3.8, 4) is 11.5 Å². The molecule has 0 saturated heterocycles. The van der Waals surface area contributed by atoms with Crippen molar-refractivity contribution in [2.45, 2.75) is 12.8 Å². The molecule has 1 aromatic heterocycles. The first-order valence-corrected chi connectivity index (χ1v) is 7.18. The summed E-state index contributed by atoms with van der Waals surface area (Å²) >= 11 is 0. The third-order valence-corrected chi connectivity index (χ3v) is 3.33. The summed E-state index contributed by atoms with van der Waals surface area (Å²) in [5.74, 6) is 1.66. The second-order valence-corrected chi connectivity index (χ2v) is 4.96. The Bertz CT molecular complexity index is 726. The Labute approximate surface area is 124 Å². The minimum atomic E-state index is 0.698. The summed E-state index contributed by atoms with van der Waals surface area (Å²) in [5.41, 5.74) is 7.62. The SMILES string of the molecule is NCCCc1ccc2cc(Oc3ccccc3)ccc2n1. The van der Waals surface area contributed by atoms with Crippen molar-refractivity contribution in [2.24, 2.45) is 5.73 Å². The van der Waals surface area contributed by atoms with Gasteiger partial charge in [0.2, 0.25) is 0 Å². The number of rotatable bonds is 5. The van der Waals surface area contributed by atoms with Gasteiger partial charge in [-0.15, -0.1) is 0 Å². The van der Waals surface area contributed by atoms with E-state index in [1.807, 2.05) is 48.5 Å². The topological polar surface area (TPSA) is 48.1 Å². The van der Waals surface area contributed by atoms with E-state index in [2.05, 4.69) is 17.1 Å². The largest absolute Gasteiger partial charge is 0.457 e. The lowest BCUT2D eigenvalue weighted by atomic mass is 10.1. The van der Waals surface area contributed by atoms with Gasteiger partial charge in [-0.05, 0) is 55.8 Å². The minimum Gasteiger partial charge on any atom is -0.457 e. The zero-order chi connectivity index (χ0) is 14.5. The third-order valence-electron chi connectivity index (χ3n) is 3.33. The van der Waals surface area contributed by atoms with E-state index in [-0.39, 0.29) is 0 Å². The van der Waals surface area contributed by atoms with E-state index >= 15 is 0 Å². The van der Waals surface area contributed by atoms with Gasteiger partial charge in [-0.25, -0.2) is 0 Å². The summed E-state index contributed by atoms with van der Waals surface area (Å²) in [5, 5.41) is 1.08. The molecule has 3 aromatic rings. The molecule has 3 heteroatoms. The van der Waals surface area contributed by atoms with E-state index in [1.165, 1.54) is 0 Å². The van der Waals surface area contributed by atoms with Crippen LogP contribution in [0.1, 0.15) is 12.1 Å². The number of nitrogens with zero attached hydrogens (tertiary/aromatic N) is 1. The minimum absolute atomic E-state index is 0.698. The molecule has 0 aliphatic rings. The zero-order valence-corrected chi connectivity index (χ0v) is 11.8. The molecular weight excluding hydrogens is 260 g/mol. The van der Waals surface area contributed by atoms with Crippen LogP contribution >= 0.6 is 0 Å². The second-order valence-electron chi connectivity index (χ2n) is 4.96. The molecule has 0 atom stereocenters. The number of nitrogens with two attached hydrogens (primary N) is 1. The Balaban J connectivity index is 1.83. The summed E-state index contributed by atoms with van der Waals surface area (Å²) in [4.78, 5) is 4.65.